The van der Waals surface area contributed by atoms with Crippen LogP contribution in [0.25, 0.3) is 0 Å². The zero-order valence-corrected chi connectivity index (χ0v) is 17.0. The zero-order valence-electron chi connectivity index (χ0n) is 15.4. The highest BCUT2D eigenvalue weighted by molar-refractivity contribution is 8.00. The van der Waals surface area contributed by atoms with Crippen molar-refractivity contribution in [2.45, 2.75) is 30.2 Å². The lowest BCUT2D eigenvalue weighted by atomic mass is 10.1. The topological polar surface area (TPSA) is 91.2 Å². The van der Waals surface area contributed by atoms with Crippen LogP contribution in [0.5, 0.6) is 0 Å². The molecule has 1 aromatic carbocycles. The van der Waals surface area contributed by atoms with Gasteiger partial charge in [0.15, 0.2) is 15.0 Å². The molecule has 9 heteroatoms. The minimum atomic E-state index is -2.92. The smallest absolute Gasteiger partial charge is 0.324 e. The summed E-state index contributed by atoms with van der Waals surface area (Å²) in [6.07, 6.45) is 1.23. The van der Waals surface area contributed by atoms with E-state index < -0.39 is 15.1 Å². The Balaban J connectivity index is 1.77. The Labute approximate surface area is 163 Å². The van der Waals surface area contributed by atoms with Gasteiger partial charge >= 0.3 is 5.97 Å². The van der Waals surface area contributed by atoms with Crippen LogP contribution in [0, 0.1) is 5.92 Å². The molecule has 27 heavy (non-hydrogen) atoms. The average molecular weight is 410 g/mol. The molecule has 0 saturated carbocycles. The second-order valence-corrected chi connectivity index (χ2v) is 9.89. The molecule has 1 saturated heterocycles. The van der Waals surface area contributed by atoms with Crippen molar-refractivity contribution in [3.8, 4) is 0 Å². The van der Waals surface area contributed by atoms with Crippen molar-refractivity contribution in [2.75, 3.05) is 18.1 Å². The van der Waals surface area contributed by atoms with Crippen LogP contribution in [0.4, 0.5) is 0 Å². The molecule has 2 atom stereocenters. The molecule has 0 amide bonds. The lowest BCUT2D eigenvalue weighted by molar-refractivity contribution is -0.142. The van der Waals surface area contributed by atoms with Gasteiger partial charge in [-0.05, 0) is 24.8 Å². The van der Waals surface area contributed by atoms with E-state index in [1.807, 2.05) is 41.9 Å². The van der Waals surface area contributed by atoms with Gasteiger partial charge in [0.2, 0.25) is 0 Å². The summed E-state index contributed by atoms with van der Waals surface area (Å²) < 4.78 is 30.4. The van der Waals surface area contributed by atoms with Gasteiger partial charge in [-0.15, -0.1) is 10.2 Å². The van der Waals surface area contributed by atoms with E-state index >= 15 is 0 Å². The van der Waals surface area contributed by atoms with Gasteiger partial charge in [0, 0.05) is 13.5 Å². The second-order valence-electron chi connectivity index (χ2n) is 6.59. The summed E-state index contributed by atoms with van der Waals surface area (Å²) in [4.78, 5) is 12.4. The molecule has 146 valence electrons. The van der Waals surface area contributed by atoms with Gasteiger partial charge in [0.05, 0.1) is 18.1 Å². The van der Waals surface area contributed by atoms with Crippen molar-refractivity contribution in [1.82, 2.24) is 14.8 Å². The molecule has 0 radical (unpaired) electrons. The standard InChI is InChI=1S/C18H23N3O4S2/c1-3-25-17(22)16(14-7-5-4-6-8-14)26-18-20-19-15(21(18)2)11-13-9-10-27(23,24)12-13/h4-8,13,16H,3,9-12H2,1-2H3. The largest absolute Gasteiger partial charge is 0.465 e. The molecular formula is C18H23N3O4S2. The van der Waals surface area contributed by atoms with Crippen LogP contribution in [0.1, 0.15) is 30.0 Å². The fourth-order valence-corrected chi connectivity index (χ4v) is 6.00. The molecule has 1 aliphatic heterocycles. The normalized spacial score (nSPS) is 19.7. The number of sulfone groups is 1. The molecule has 1 fully saturated rings. The Kier molecular flexibility index (Phi) is 6.21. The van der Waals surface area contributed by atoms with Gasteiger partial charge in [0.1, 0.15) is 11.1 Å². The van der Waals surface area contributed by atoms with Crippen LogP contribution in [0.2, 0.25) is 0 Å². The predicted molar refractivity (Wildman–Crippen MR) is 103 cm³/mol. The molecule has 3 rings (SSSR count). The highest BCUT2D eigenvalue weighted by Gasteiger charge is 2.30. The summed E-state index contributed by atoms with van der Waals surface area (Å²) in [5.74, 6) is 0.939. The summed E-state index contributed by atoms with van der Waals surface area (Å²) in [6.45, 7) is 2.09. The lowest BCUT2D eigenvalue weighted by Crippen LogP contribution is -2.14. The molecule has 0 aliphatic carbocycles. The van der Waals surface area contributed by atoms with Gasteiger partial charge in [-0.2, -0.15) is 0 Å². The fraction of sp³-hybridized carbons (Fsp3) is 0.500. The van der Waals surface area contributed by atoms with E-state index in [1.165, 1.54) is 11.8 Å². The van der Waals surface area contributed by atoms with Crippen molar-refractivity contribution < 1.29 is 17.9 Å². The Morgan fingerprint density at radius 3 is 2.70 bits per heavy atom. The van der Waals surface area contributed by atoms with Gasteiger partial charge in [0.25, 0.3) is 0 Å². The van der Waals surface area contributed by atoms with Gasteiger partial charge in [-0.25, -0.2) is 8.42 Å². The minimum absolute atomic E-state index is 0.0747. The number of nitrogens with zero attached hydrogens (tertiary/aromatic N) is 3. The number of aromatic nitrogens is 3. The third-order valence-electron chi connectivity index (χ3n) is 4.55. The number of thioether (sulfide) groups is 1. The summed E-state index contributed by atoms with van der Waals surface area (Å²) >= 11 is 1.29. The number of hydrogen-bond donors (Lipinski definition) is 0. The molecule has 2 unspecified atom stereocenters. The van der Waals surface area contributed by atoms with Crippen molar-refractivity contribution in [3.05, 3.63) is 41.7 Å². The predicted octanol–water partition coefficient (Wildman–Crippen LogP) is 2.19. The van der Waals surface area contributed by atoms with E-state index in [0.29, 0.717) is 24.6 Å². The van der Waals surface area contributed by atoms with Crippen LogP contribution in [-0.2, 0) is 32.8 Å². The molecule has 0 spiro atoms. The number of rotatable bonds is 7. The molecule has 7 nitrogen and oxygen atoms in total. The average Bonchev–Trinajstić information content (AvgIpc) is 3.16. The van der Waals surface area contributed by atoms with E-state index in [0.717, 1.165) is 11.4 Å². The third-order valence-corrected chi connectivity index (χ3v) is 7.65. The SMILES string of the molecule is CCOC(=O)C(Sc1nnc(CC2CCS(=O)(=O)C2)n1C)c1ccccc1. The second kappa shape index (κ2) is 8.43. The fourth-order valence-electron chi connectivity index (χ4n) is 3.12. The first kappa shape index (κ1) is 19.9. The van der Waals surface area contributed by atoms with Crippen molar-refractivity contribution >= 4 is 27.6 Å². The van der Waals surface area contributed by atoms with Gasteiger partial charge < -0.3 is 9.30 Å². The first-order valence-corrected chi connectivity index (χ1v) is 11.6. The van der Waals surface area contributed by atoms with E-state index in [-0.39, 0.29) is 23.4 Å². The number of hydrogen-bond acceptors (Lipinski definition) is 7. The van der Waals surface area contributed by atoms with E-state index in [2.05, 4.69) is 10.2 Å². The van der Waals surface area contributed by atoms with Crippen molar-refractivity contribution in [3.63, 3.8) is 0 Å². The van der Waals surface area contributed by atoms with Crippen LogP contribution in [0.3, 0.4) is 0 Å². The van der Waals surface area contributed by atoms with Crippen molar-refractivity contribution in [1.29, 1.82) is 0 Å². The van der Waals surface area contributed by atoms with Crippen molar-refractivity contribution in [2.24, 2.45) is 13.0 Å². The maximum Gasteiger partial charge on any atom is 0.324 e. The summed E-state index contributed by atoms with van der Waals surface area (Å²) in [6, 6.07) is 9.42. The number of carbonyl (C=O) groups is 1. The molecule has 0 N–H and O–H groups in total. The van der Waals surface area contributed by atoms with Crippen LogP contribution < -0.4 is 0 Å². The van der Waals surface area contributed by atoms with Gasteiger partial charge in [-0.3, -0.25) is 4.79 Å². The van der Waals surface area contributed by atoms with Gasteiger partial charge in [-0.1, -0.05) is 42.1 Å². The molecule has 0 bridgehead atoms. The zero-order chi connectivity index (χ0) is 19.4. The molecule has 2 heterocycles. The number of ether oxygens (including phenoxy) is 1. The first-order valence-electron chi connectivity index (χ1n) is 8.86. The maximum atomic E-state index is 12.4. The van der Waals surface area contributed by atoms with Crippen LogP contribution in [-0.4, -0.2) is 47.3 Å². The highest BCUT2D eigenvalue weighted by Crippen LogP contribution is 2.35. The molecule has 1 aliphatic rings. The molecule has 1 aromatic heterocycles. The van der Waals surface area contributed by atoms with E-state index in [1.54, 1.807) is 6.92 Å². The quantitative estimate of drug-likeness (QED) is 0.511. The Hall–Kier alpha value is -1.87. The summed E-state index contributed by atoms with van der Waals surface area (Å²) in [5, 5.41) is 8.52. The monoisotopic (exact) mass is 409 g/mol. The number of esters is 1. The Bertz CT molecular complexity index is 897. The third kappa shape index (κ3) is 4.90. The Morgan fingerprint density at radius 1 is 1.33 bits per heavy atom. The van der Waals surface area contributed by atoms with Crippen LogP contribution in [0.15, 0.2) is 35.5 Å². The molecule has 2 aromatic rings. The lowest BCUT2D eigenvalue weighted by Gasteiger charge is -2.15. The first-order chi connectivity index (χ1) is 12.9. The summed E-state index contributed by atoms with van der Waals surface area (Å²) in [5.41, 5.74) is 0.840. The van der Waals surface area contributed by atoms with Crippen LogP contribution >= 0.6 is 11.8 Å². The Morgan fingerprint density at radius 2 is 2.07 bits per heavy atom. The number of benzene rings is 1. The van der Waals surface area contributed by atoms with E-state index in [4.69, 9.17) is 4.74 Å². The number of carbonyl (C=O) groups excluding carboxylic acids is 1. The summed E-state index contributed by atoms with van der Waals surface area (Å²) in [7, 11) is -1.08. The minimum Gasteiger partial charge on any atom is -0.465 e. The maximum absolute atomic E-state index is 12.4. The van der Waals surface area contributed by atoms with E-state index in [9.17, 15) is 13.2 Å². The highest BCUT2D eigenvalue weighted by atomic mass is 32.2. The molecular weight excluding hydrogens is 386 g/mol.